The van der Waals surface area contributed by atoms with Gasteiger partial charge in [0.25, 0.3) is 11.2 Å². The second-order valence-electron chi connectivity index (χ2n) is 7.08. The highest BCUT2D eigenvalue weighted by atomic mass is 32.2. The molecule has 2 rings (SSSR count). The van der Waals surface area contributed by atoms with Crippen LogP contribution in [0.15, 0.2) is 38.8 Å². The molecule has 0 saturated heterocycles. The largest absolute Gasteiger partial charge is 0.383 e. The van der Waals surface area contributed by atoms with Gasteiger partial charge in [0.15, 0.2) is 5.69 Å². The van der Waals surface area contributed by atoms with Crippen LogP contribution in [0.4, 0.5) is 17.2 Å². The number of nitrogen functional groups attached to an aromatic ring is 1. The molecule has 1 aromatic heterocycles. The van der Waals surface area contributed by atoms with E-state index in [0.29, 0.717) is 4.90 Å². The number of carbonyl (C=O) groups is 1. The number of aromatic amines is 1. The summed E-state index contributed by atoms with van der Waals surface area (Å²) in [5.74, 6) is -0.483. The fourth-order valence-corrected chi connectivity index (χ4v) is 3.59. The Bertz CT molecular complexity index is 1050. The van der Waals surface area contributed by atoms with Crippen molar-refractivity contribution in [1.82, 2.24) is 9.55 Å². The number of nitro benzene ring substituents is 1. The Morgan fingerprint density at radius 3 is 2.52 bits per heavy atom. The first-order valence-electron chi connectivity index (χ1n) is 9.44. The normalized spacial score (nSPS) is 11.0. The number of methoxy groups -OCH3 is 1. The summed E-state index contributed by atoms with van der Waals surface area (Å²) in [4.78, 5) is 52.0. The molecule has 1 aromatic carbocycles. The van der Waals surface area contributed by atoms with Gasteiger partial charge >= 0.3 is 5.69 Å². The van der Waals surface area contributed by atoms with Gasteiger partial charge in [-0.15, -0.1) is 11.8 Å². The molecule has 12 heteroatoms. The number of hydrogen-bond acceptors (Lipinski definition) is 8. The fraction of sp³-hybridized carbons (Fsp3) is 0.421. The zero-order valence-electron chi connectivity index (χ0n) is 17.5. The van der Waals surface area contributed by atoms with Gasteiger partial charge in [-0.2, -0.15) is 0 Å². The van der Waals surface area contributed by atoms with Crippen molar-refractivity contribution in [3.8, 4) is 0 Å². The van der Waals surface area contributed by atoms with Crippen LogP contribution in [-0.4, -0.2) is 46.4 Å². The number of amides is 1. The first-order valence-corrected chi connectivity index (χ1v) is 10.4. The Morgan fingerprint density at radius 2 is 1.97 bits per heavy atom. The van der Waals surface area contributed by atoms with E-state index in [4.69, 9.17) is 10.5 Å². The smallest absolute Gasteiger partial charge is 0.330 e. The van der Waals surface area contributed by atoms with E-state index in [9.17, 15) is 24.5 Å². The molecule has 0 bridgehead atoms. The number of rotatable bonds is 10. The number of non-ortho nitro benzene ring substituents is 1. The number of ether oxygens (including phenoxy) is 1. The minimum Gasteiger partial charge on any atom is -0.383 e. The van der Waals surface area contributed by atoms with E-state index in [0.717, 1.165) is 11.8 Å². The van der Waals surface area contributed by atoms with Crippen molar-refractivity contribution < 1.29 is 14.5 Å². The molecule has 2 aromatic rings. The fourth-order valence-electron chi connectivity index (χ4n) is 2.82. The minimum absolute atomic E-state index is 0.0517. The third-order valence-corrected chi connectivity index (χ3v) is 5.26. The van der Waals surface area contributed by atoms with Gasteiger partial charge in [0.1, 0.15) is 5.82 Å². The number of thioether (sulfide) groups is 1. The van der Waals surface area contributed by atoms with Crippen molar-refractivity contribution in [1.29, 1.82) is 0 Å². The third kappa shape index (κ3) is 6.18. The standard InChI is InChI=1S/C19H25N5O6S/c1-12(2)10-23-17(20)16(18(26)21-19(23)27)22(8-9-30-3)15(25)11-31-14-6-4-13(5-7-14)24(28)29/h4-7,12H,8-11,20H2,1-3H3,(H,21,26,27). The van der Waals surface area contributed by atoms with E-state index >= 15 is 0 Å². The lowest BCUT2D eigenvalue weighted by Gasteiger charge is -2.24. The van der Waals surface area contributed by atoms with Gasteiger partial charge in [0.05, 0.1) is 17.3 Å². The zero-order chi connectivity index (χ0) is 23.1. The van der Waals surface area contributed by atoms with Crippen LogP contribution in [0.5, 0.6) is 0 Å². The third-order valence-electron chi connectivity index (χ3n) is 4.26. The molecule has 0 unspecified atom stereocenters. The summed E-state index contributed by atoms with van der Waals surface area (Å²) < 4.78 is 6.29. The number of anilines is 2. The SMILES string of the molecule is COCCN(C(=O)CSc1ccc([N+](=O)[O-])cc1)c1c(N)n(CC(C)C)c(=O)[nH]c1=O. The van der Waals surface area contributed by atoms with Gasteiger partial charge in [-0.05, 0) is 18.1 Å². The summed E-state index contributed by atoms with van der Waals surface area (Å²) in [6.45, 7) is 4.27. The Kier molecular flexibility index (Phi) is 8.39. The second-order valence-corrected chi connectivity index (χ2v) is 8.12. The zero-order valence-corrected chi connectivity index (χ0v) is 18.3. The number of hydrogen-bond donors (Lipinski definition) is 2. The Balaban J connectivity index is 2.32. The molecule has 0 saturated carbocycles. The summed E-state index contributed by atoms with van der Waals surface area (Å²) in [7, 11) is 1.46. The molecule has 0 fully saturated rings. The predicted molar refractivity (Wildman–Crippen MR) is 119 cm³/mol. The van der Waals surface area contributed by atoms with E-state index in [2.05, 4.69) is 4.98 Å². The maximum absolute atomic E-state index is 13.0. The van der Waals surface area contributed by atoms with Crippen molar-refractivity contribution in [3.05, 3.63) is 55.2 Å². The van der Waals surface area contributed by atoms with Crippen molar-refractivity contribution >= 4 is 34.9 Å². The molecule has 3 N–H and O–H groups in total. The van der Waals surface area contributed by atoms with E-state index < -0.39 is 22.1 Å². The van der Waals surface area contributed by atoms with Crippen LogP contribution >= 0.6 is 11.8 Å². The average molecular weight is 452 g/mol. The van der Waals surface area contributed by atoms with Gasteiger partial charge in [0, 0.05) is 37.2 Å². The van der Waals surface area contributed by atoms with Gasteiger partial charge in [-0.3, -0.25) is 29.3 Å². The lowest BCUT2D eigenvalue weighted by Crippen LogP contribution is -2.43. The summed E-state index contributed by atoms with van der Waals surface area (Å²) in [5, 5.41) is 10.8. The molecule has 1 amide bonds. The Hall–Kier alpha value is -3.12. The molecule has 0 aliphatic heterocycles. The molecule has 0 spiro atoms. The quantitative estimate of drug-likeness (QED) is 0.313. The number of aromatic nitrogens is 2. The lowest BCUT2D eigenvalue weighted by atomic mass is 10.2. The molecule has 31 heavy (non-hydrogen) atoms. The lowest BCUT2D eigenvalue weighted by molar-refractivity contribution is -0.384. The van der Waals surface area contributed by atoms with Crippen molar-refractivity contribution in [3.63, 3.8) is 0 Å². The van der Waals surface area contributed by atoms with E-state index in [1.807, 2.05) is 13.8 Å². The van der Waals surface area contributed by atoms with Crippen LogP contribution in [0.2, 0.25) is 0 Å². The molecule has 0 aliphatic carbocycles. The van der Waals surface area contributed by atoms with Crippen molar-refractivity contribution in [2.75, 3.05) is 36.6 Å². The highest BCUT2D eigenvalue weighted by Crippen LogP contribution is 2.24. The summed E-state index contributed by atoms with van der Waals surface area (Å²) in [5.41, 5.74) is 4.58. The summed E-state index contributed by atoms with van der Waals surface area (Å²) >= 11 is 1.16. The van der Waals surface area contributed by atoms with E-state index in [1.54, 1.807) is 12.1 Å². The number of H-pyrrole nitrogens is 1. The predicted octanol–water partition coefficient (Wildman–Crippen LogP) is 1.45. The highest BCUT2D eigenvalue weighted by molar-refractivity contribution is 8.00. The Labute approximate surface area is 182 Å². The van der Waals surface area contributed by atoms with E-state index in [1.165, 1.54) is 28.7 Å². The van der Waals surface area contributed by atoms with Gasteiger partial charge in [-0.25, -0.2) is 4.79 Å². The topological polar surface area (TPSA) is 154 Å². The number of benzene rings is 1. The van der Waals surface area contributed by atoms with Crippen molar-refractivity contribution in [2.45, 2.75) is 25.3 Å². The van der Waals surface area contributed by atoms with Crippen LogP contribution in [0.3, 0.4) is 0 Å². The van der Waals surface area contributed by atoms with Crippen LogP contribution in [0, 0.1) is 16.0 Å². The maximum Gasteiger partial charge on any atom is 0.330 e. The number of carbonyl (C=O) groups excluding carboxylic acids is 1. The average Bonchev–Trinajstić information content (AvgIpc) is 2.71. The molecular formula is C19H25N5O6S. The Morgan fingerprint density at radius 1 is 1.32 bits per heavy atom. The molecule has 0 radical (unpaired) electrons. The van der Waals surface area contributed by atoms with Gasteiger partial charge in [0.2, 0.25) is 5.91 Å². The molecule has 1 heterocycles. The van der Waals surface area contributed by atoms with Crippen LogP contribution < -0.4 is 21.9 Å². The summed E-state index contributed by atoms with van der Waals surface area (Å²) in [6, 6.07) is 5.78. The molecule has 0 aliphatic rings. The van der Waals surface area contributed by atoms with Crippen LogP contribution in [-0.2, 0) is 16.1 Å². The number of nitro groups is 1. The highest BCUT2D eigenvalue weighted by Gasteiger charge is 2.24. The number of nitrogens with one attached hydrogen (secondary N) is 1. The molecular weight excluding hydrogens is 426 g/mol. The van der Waals surface area contributed by atoms with E-state index in [-0.39, 0.29) is 48.6 Å². The van der Waals surface area contributed by atoms with Gasteiger partial charge in [-0.1, -0.05) is 13.8 Å². The molecule has 11 nitrogen and oxygen atoms in total. The van der Waals surface area contributed by atoms with Crippen molar-refractivity contribution in [2.24, 2.45) is 5.92 Å². The van der Waals surface area contributed by atoms with Crippen LogP contribution in [0.1, 0.15) is 13.8 Å². The second kappa shape index (κ2) is 10.8. The number of nitrogens with zero attached hydrogens (tertiary/aromatic N) is 3. The maximum atomic E-state index is 13.0. The first kappa shape index (κ1) is 24.2. The monoisotopic (exact) mass is 451 g/mol. The molecule has 0 atom stereocenters. The molecule has 168 valence electrons. The summed E-state index contributed by atoms with van der Waals surface area (Å²) in [6.07, 6.45) is 0. The first-order chi connectivity index (χ1) is 14.6. The van der Waals surface area contributed by atoms with Gasteiger partial charge < -0.3 is 15.4 Å². The number of nitrogens with two attached hydrogens (primary N) is 1. The minimum atomic E-state index is -0.757. The van der Waals surface area contributed by atoms with Crippen LogP contribution in [0.25, 0.3) is 0 Å².